The predicted molar refractivity (Wildman–Crippen MR) is 138 cm³/mol. The van der Waals surface area contributed by atoms with Crippen molar-refractivity contribution < 1.29 is 22.7 Å². The number of piperidine rings is 1. The Bertz CT molecular complexity index is 1190. The molecular weight excluding hydrogens is 770 g/mol. The number of alkyl halides is 3. The number of amides is 1. The van der Waals surface area contributed by atoms with E-state index in [1.807, 2.05) is 12.3 Å². The summed E-state index contributed by atoms with van der Waals surface area (Å²) >= 11 is 3.56. The molecule has 0 bridgehead atoms. The summed E-state index contributed by atoms with van der Waals surface area (Å²) < 4.78 is 43.7. The fourth-order valence-corrected chi connectivity index (χ4v) is 7.60. The molecule has 1 aliphatic heterocycles. The molecule has 32 heavy (non-hydrogen) atoms. The number of rotatable bonds is 4. The Hall–Kier alpha value is -1.11. The van der Waals surface area contributed by atoms with Gasteiger partial charge < -0.3 is 4.74 Å². The van der Waals surface area contributed by atoms with E-state index in [9.17, 15) is 22.8 Å². The molecule has 1 N–H and O–H groups in total. The Labute approximate surface area is 206 Å². The number of H-pyrrole nitrogens is 1. The number of benzene rings is 1. The maximum atomic E-state index is 12.8. The van der Waals surface area contributed by atoms with Crippen molar-refractivity contribution >= 4 is 66.2 Å². The zero-order valence-corrected chi connectivity index (χ0v) is 22.7. The van der Waals surface area contributed by atoms with E-state index in [4.69, 9.17) is 0 Å². The maximum absolute atomic E-state index is 12.8. The van der Waals surface area contributed by atoms with Crippen LogP contribution in [0.15, 0.2) is 41.3 Å². The van der Waals surface area contributed by atoms with Gasteiger partial charge in [-0.1, -0.05) is 0 Å². The molecule has 3 heterocycles. The number of carbonyl (C=O) groups is 1. The number of halogens is 6. The van der Waals surface area contributed by atoms with Crippen molar-refractivity contribution in [3.05, 3.63) is 56.1 Å². The molecule has 0 saturated carbocycles. The summed E-state index contributed by atoms with van der Waals surface area (Å²) in [6, 6.07) is 6.86. The summed E-state index contributed by atoms with van der Waals surface area (Å²) in [5.74, 6) is -0.634. The standard InChI is InChI=1S/C19H16F3I3N4O3/c20-19(21,22)32-14-3-1-11(2-4-14)17(30)28-7-5-13(6-8-28)29-15-9-12(25(23)24)10-26-16(15)27-18(29)31/h1-4,9-10,13H,5-8H2,(H,26,27,31). The number of nitrogens with zero attached hydrogens (tertiary/aromatic N) is 3. The van der Waals surface area contributed by atoms with Crippen LogP contribution in [0.4, 0.5) is 13.2 Å². The quantitative estimate of drug-likeness (QED) is 0.356. The van der Waals surface area contributed by atoms with E-state index in [2.05, 4.69) is 51.9 Å². The summed E-state index contributed by atoms with van der Waals surface area (Å²) in [6.45, 7) is 0.876. The van der Waals surface area contributed by atoms with Crippen LogP contribution in [-0.2, 0) is 0 Å². The second-order valence-corrected chi connectivity index (χ2v) is 30.9. The van der Waals surface area contributed by atoms with Gasteiger partial charge in [0.2, 0.25) is 0 Å². The topological polar surface area (TPSA) is 80.2 Å². The van der Waals surface area contributed by atoms with Gasteiger partial charge in [0, 0.05) is 0 Å². The van der Waals surface area contributed by atoms with Gasteiger partial charge in [-0.2, -0.15) is 0 Å². The van der Waals surface area contributed by atoms with Crippen LogP contribution in [0.1, 0.15) is 29.2 Å². The molecule has 4 rings (SSSR count). The van der Waals surface area contributed by atoms with Crippen LogP contribution >= 0.6 is 49.1 Å². The normalized spacial score (nSPS) is 15.8. The summed E-state index contributed by atoms with van der Waals surface area (Å²) in [6.07, 6.45) is -1.77. The van der Waals surface area contributed by atoms with Crippen molar-refractivity contribution in [1.82, 2.24) is 19.4 Å². The van der Waals surface area contributed by atoms with E-state index in [-0.39, 0.29) is 29.0 Å². The van der Waals surface area contributed by atoms with Crippen molar-refractivity contribution in [2.45, 2.75) is 25.2 Å². The van der Waals surface area contributed by atoms with Crippen molar-refractivity contribution in [2.75, 3.05) is 13.1 Å². The number of fused-ring (bicyclic) bond motifs is 1. The number of aromatic amines is 1. The van der Waals surface area contributed by atoms with E-state index >= 15 is 0 Å². The van der Waals surface area contributed by atoms with E-state index < -0.39 is 18.2 Å². The summed E-state index contributed by atoms with van der Waals surface area (Å²) in [5, 5.41) is 0. The van der Waals surface area contributed by atoms with Gasteiger partial charge in [-0.15, -0.1) is 13.2 Å². The van der Waals surface area contributed by atoms with E-state index in [1.54, 1.807) is 9.47 Å². The second-order valence-electron chi connectivity index (χ2n) is 7.11. The average molecular weight is 786 g/mol. The molecule has 2 aromatic heterocycles. The van der Waals surface area contributed by atoms with Crippen LogP contribution in [-0.4, -0.2) is 44.8 Å². The molecule has 3 aromatic rings. The molecule has 0 atom stereocenters. The molecule has 1 aromatic carbocycles. The molecule has 0 aliphatic carbocycles. The fourth-order valence-electron chi connectivity index (χ4n) is 3.73. The Morgan fingerprint density at radius 1 is 1.19 bits per heavy atom. The van der Waals surface area contributed by atoms with Gasteiger partial charge in [0.05, 0.1) is 0 Å². The SMILES string of the molecule is O=C(c1ccc(OC(F)(F)F)cc1)N1CCC(n2c(=O)[nH]c3ncc(I(I)I)cc32)CC1. The van der Waals surface area contributed by atoms with Crippen LogP contribution in [0.5, 0.6) is 5.75 Å². The molecule has 1 fully saturated rings. The van der Waals surface area contributed by atoms with Crippen LogP contribution in [0.3, 0.4) is 0 Å². The molecule has 1 saturated heterocycles. The van der Waals surface area contributed by atoms with Gasteiger partial charge in [0.15, 0.2) is 0 Å². The van der Waals surface area contributed by atoms with Crippen molar-refractivity contribution in [3.8, 4) is 5.75 Å². The number of imidazole rings is 1. The molecule has 1 aliphatic rings. The summed E-state index contributed by atoms with van der Waals surface area (Å²) in [5.41, 5.74) is 1.42. The number of aromatic nitrogens is 3. The van der Waals surface area contributed by atoms with Gasteiger partial charge in [-0.05, 0) is 0 Å². The minimum absolute atomic E-state index is 0.0643. The summed E-state index contributed by atoms with van der Waals surface area (Å²) in [4.78, 5) is 34.2. The molecule has 7 nitrogen and oxygen atoms in total. The third-order valence-corrected chi connectivity index (χ3v) is 13.0. The first-order valence-corrected chi connectivity index (χ1v) is 23.1. The number of hydrogen-bond donors (Lipinski definition) is 1. The van der Waals surface area contributed by atoms with Crippen LogP contribution < -0.4 is 10.4 Å². The zero-order valence-electron chi connectivity index (χ0n) is 16.2. The number of nitrogens with one attached hydrogen (secondary N) is 1. The first kappa shape index (κ1) is 24.0. The molecular formula is C19H16F3I3N4O3. The first-order chi connectivity index (χ1) is 15.1. The number of ether oxygens (including phenoxy) is 1. The third kappa shape index (κ3) is 5.34. The Morgan fingerprint density at radius 3 is 2.44 bits per heavy atom. The van der Waals surface area contributed by atoms with Crippen LogP contribution in [0, 0.1) is 3.57 Å². The van der Waals surface area contributed by atoms with Crippen LogP contribution in [0.2, 0.25) is 0 Å². The first-order valence-electron chi connectivity index (χ1n) is 9.41. The molecule has 0 unspecified atom stereocenters. The molecule has 172 valence electrons. The molecule has 0 radical (unpaired) electrons. The molecule has 0 spiro atoms. The Kier molecular flexibility index (Phi) is 7.23. The van der Waals surface area contributed by atoms with Gasteiger partial charge in [0.1, 0.15) is 5.75 Å². The van der Waals surface area contributed by atoms with E-state index in [0.29, 0.717) is 31.6 Å². The van der Waals surface area contributed by atoms with E-state index in [1.165, 1.54) is 15.7 Å². The monoisotopic (exact) mass is 786 g/mol. The Balaban J connectivity index is 1.46. The summed E-state index contributed by atoms with van der Waals surface area (Å²) in [7, 11) is 0. The van der Waals surface area contributed by atoms with Crippen molar-refractivity contribution in [2.24, 2.45) is 0 Å². The number of hydrogen-bond acceptors (Lipinski definition) is 4. The average Bonchev–Trinajstić information content (AvgIpc) is 3.07. The second kappa shape index (κ2) is 9.63. The number of likely N-dealkylation sites (tertiary alicyclic amines) is 1. The van der Waals surface area contributed by atoms with Crippen molar-refractivity contribution in [1.29, 1.82) is 0 Å². The third-order valence-electron chi connectivity index (χ3n) is 5.15. The Morgan fingerprint density at radius 2 is 1.84 bits per heavy atom. The van der Waals surface area contributed by atoms with Gasteiger partial charge in [0.25, 0.3) is 0 Å². The van der Waals surface area contributed by atoms with Gasteiger partial charge >= 0.3 is 185 Å². The minimum atomic E-state index is -4.78. The van der Waals surface area contributed by atoms with Crippen LogP contribution in [0.25, 0.3) is 11.2 Å². The number of carbonyl (C=O) groups excluding carboxylic acids is 1. The zero-order chi connectivity index (χ0) is 23.0. The molecule has 13 heteroatoms. The fraction of sp³-hybridized carbons (Fsp3) is 0.316. The van der Waals surface area contributed by atoms with E-state index in [0.717, 1.165) is 17.6 Å². The number of pyridine rings is 1. The molecule has 1 amide bonds. The van der Waals surface area contributed by atoms with Gasteiger partial charge in [-0.3, -0.25) is 0 Å². The van der Waals surface area contributed by atoms with Gasteiger partial charge in [-0.25, -0.2) is 0 Å². The predicted octanol–water partition coefficient (Wildman–Crippen LogP) is 5.48. The van der Waals surface area contributed by atoms with Crippen molar-refractivity contribution in [3.63, 3.8) is 0 Å².